The van der Waals surface area contributed by atoms with Gasteiger partial charge in [0.25, 0.3) is 0 Å². The molecule has 0 bridgehead atoms. The Bertz CT molecular complexity index is 457. The molecule has 0 aliphatic rings. The van der Waals surface area contributed by atoms with Crippen molar-refractivity contribution >= 4 is 0 Å². The Hall–Kier alpha value is -1.18. The molecule has 180 valence electrons. The zero-order chi connectivity index (χ0) is 22.1. The van der Waals surface area contributed by atoms with Gasteiger partial charge >= 0.3 is 0 Å². The topological polar surface area (TPSA) is 55.4 Å². The van der Waals surface area contributed by atoms with E-state index in [0.29, 0.717) is 66.1 Å². The van der Waals surface area contributed by atoms with Gasteiger partial charge in [0.2, 0.25) is 0 Å². The summed E-state index contributed by atoms with van der Waals surface area (Å²) in [6.45, 7) is 8.88. The van der Waals surface area contributed by atoms with Gasteiger partial charge in [0.15, 0.2) is 0 Å². The molecule has 0 heterocycles. The van der Waals surface area contributed by atoms with Gasteiger partial charge in [-0.15, -0.1) is 0 Å². The molecule has 1 aromatic rings. The molecule has 0 spiro atoms. The van der Waals surface area contributed by atoms with Crippen molar-refractivity contribution in [1.82, 2.24) is 0 Å². The molecule has 31 heavy (non-hydrogen) atoms. The van der Waals surface area contributed by atoms with E-state index in [9.17, 15) is 0 Å². The van der Waals surface area contributed by atoms with E-state index >= 15 is 0 Å². The molecule has 0 saturated heterocycles. The lowest BCUT2D eigenvalue weighted by Crippen LogP contribution is -2.14. The largest absolute Gasteiger partial charge is 0.491 e. The molecule has 0 unspecified atom stereocenters. The second-order valence-corrected chi connectivity index (χ2v) is 7.34. The third-order valence-corrected chi connectivity index (χ3v) is 4.62. The van der Waals surface area contributed by atoms with E-state index in [1.165, 1.54) is 38.5 Å². The van der Waals surface area contributed by atoms with Crippen LogP contribution in [0.25, 0.3) is 0 Å². The summed E-state index contributed by atoms with van der Waals surface area (Å²) in [5.41, 5.74) is 0. The highest BCUT2D eigenvalue weighted by Gasteiger charge is 1.95. The van der Waals surface area contributed by atoms with E-state index < -0.39 is 0 Å². The first-order chi connectivity index (χ1) is 15.4. The molecular formula is C25H44O6. The van der Waals surface area contributed by atoms with Crippen molar-refractivity contribution in [2.45, 2.75) is 51.9 Å². The molecule has 0 aliphatic heterocycles. The third-order valence-electron chi connectivity index (χ3n) is 4.62. The Morgan fingerprint density at radius 1 is 0.452 bits per heavy atom. The minimum Gasteiger partial charge on any atom is -0.491 e. The maximum absolute atomic E-state index is 5.59. The van der Waals surface area contributed by atoms with Gasteiger partial charge in [-0.2, -0.15) is 0 Å². The Morgan fingerprint density at radius 2 is 0.871 bits per heavy atom. The molecule has 6 nitrogen and oxygen atoms in total. The summed E-state index contributed by atoms with van der Waals surface area (Å²) in [6, 6.07) is 9.72. The van der Waals surface area contributed by atoms with Crippen LogP contribution >= 0.6 is 0 Å². The average molecular weight is 441 g/mol. The van der Waals surface area contributed by atoms with Crippen molar-refractivity contribution in [3.63, 3.8) is 0 Å². The van der Waals surface area contributed by atoms with Crippen LogP contribution < -0.4 is 4.74 Å². The lowest BCUT2D eigenvalue weighted by Gasteiger charge is -2.08. The summed E-state index contributed by atoms with van der Waals surface area (Å²) in [4.78, 5) is 0. The average Bonchev–Trinajstić information content (AvgIpc) is 2.80. The van der Waals surface area contributed by atoms with Crippen molar-refractivity contribution in [1.29, 1.82) is 0 Å². The van der Waals surface area contributed by atoms with Crippen LogP contribution in [0.1, 0.15) is 51.9 Å². The first-order valence-corrected chi connectivity index (χ1v) is 12.0. The Labute approximate surface area is 189 Å². The quantitative estimate of drug-likeness (QED) is 0.213. The summed E-state index contributed by atoms with van der Waals surface area (Å²) in [5.74, 6) is 0.861. The summed E-state index contributed by atoms with van der Waals surface area (Å²) in [5, 5.41) is 0. The Morgan fingerprint density at radius 3 is 1.39 bits per heavy atom. The fourth-order valence-electron chi connectivity index (χ4n) is 2.88. The molecule has 0 atom stereocenters. The maximum atomic E-state index is 5.59. The van der Waals surface area contributed by atoms with Gasteiger partial charge in [-0.1, -0.05) is 63.6 Å². The fraction of sp³-hybridized carbons (Fsp3) is 0.760. The smallest absolute Gasteiger partial charge is 0.119 e. The number of ether oxygens (including phenoxy) is 6. The van der Waals surface area contributed by atoms with E-state index in [1.807, 2.05) is 30.3 Å². The summed E-state index contributed by atoms with van der Waals surface area (Å²) >= 11 is 0. The number of para-hydroxylation sites is 1. The number of benzene rings is 1. The second-order valence-electron chi connectivity index (χ2n) is 7.34. The molecule has 0 fully saturated rings. The van der Waals surface area contributed by atoms with Crippen molar-refractivity contribution in [2.24, 2.45) is 0 Å². The van der Waals surface area contributed by atoms with Crippen LogP contribution in [0.4, 0.5) is 0 Å². The summed E-state index contributed by atoms with van der Waals surface area (Å²) in [7, 11) is 0. The van der Waals surface area contributed by atoms with Crippen molar-refractivity contribution in [2.75, 3.05) is 72.7 Å². The van der Waals surface area contributed by atoms with E-state index in [4.69, 9.17) is 28.4 Å². The fourth-order valence-corrected chi connectivity index (χ4v) is 2.88. The van der Waals surface area contributed by atoms with Crippen molar-refractivity contribution in [3.8, 4) is 5.75 Å². The summed E-state index contributed by atoms with van der Waals surface area (Å²) < 4.78 is 33.0. The molecular weight excluding hydrogens is 396 g/mol. The number of hydrogen-bond acceptors (Lipinski definition) is 6. The zero-order valence-electron chi connectivity index (χ0n) is 19.6. The molecule has 0 saturated carbocycles. The molecule has 1 rings (SSSR count). The Balaban J connectivity index is 1.65. The lowest BCUT2D eigenvalue weighted by molar-refractivity contribution is -0.0128. The van der Waals surface area contributed by atoms with E-state index in [2.05, 4.69) is 6.92 Å². The predicted octanol–water partition coefficient (Wildman–Crippen LogP) is 4.90. The van der Waals surface area contributed by atoms with Crippen molar-refractivity contribution < 1.29 is 28.4 Å². The summed E-state index contributed by atoms with van der Waals surface area (Å²) in [6.07, 6.45) is 9.17. The minimum absolute atomic E-state index is 0.539. The van der Waals surface area contributed by atoms with Gasteiger partial charge in [-0.25, -0.2) is 0 Å². The first-order valence-electron chi connectivity index (χ1n) is 12.0. The highest BCUT2D eigenvalue weighted by atomic mass is 16.6. The van der Waals surface area contributed by atoms with Crippen LogP contribution in [-0.4, -0.2) is 72.7 Å². The molecule has 0 amide bonds. The third kappa shape index (κ3) is 20.5. The lowest BCUT2D eigenvalue weighted by atomic mass is 10.1. The van der Waals surface area contributed by atoms with Crippen LogP contribution in [0.3, 0.4) is 0 Å². The van der Waals surface area contributed by atoms with Crippen LogP contribution in [0.2, 0.25) is 0 Å². The number of unbranched alkanes of at least 4 members (excludes halogenated alkanes) is 6. The maximum Gasteiger partial charge on any atom is 0.119 e. The molecule has 0 N–H and O–H groups in total. The van der Waals surface area contributed by atoms with Gasteiger partial charge in [-0.3, -0.25) is 0 Å². The second kappa shape index (κ2) is 23.5. The predicted molar refractivity (Wildman–Crippen MR) is 124 cm³/mol. The molecule has 6 heteroatoms. The zero-order valence-corrected chi connectivity index (χ0v) is 19.6. The monoisotopic (exact) mass is 440 g/mol. The molecule has 1 aromatic carbocycles. The van der Waals surface area contributed by atoms with Gasteiger partial charge in [0, 0.05) is 6.61 Å². The first kappa shape index (κ1) is 27.9. The van der Waals surface area contributed by atoms with Crippen molar-refractivity contribution in [3.05, 3.63) is 30.3 Å². The molecule has 0 aromatic heterocycles. The minimum atomic E-state index is 0.539. The van der Waals surface area contributed by atoms with Gasteiger partial charge in [0.05, 0.1) is 59.5 Å². The standard InChI is InChI=1S/C25H44O6/c1-2-3-4-5-6-7-11-14-26-15-16-27-17-18-28-19-20-29-21-22-30-23-24-31-25-12-9-8-10-13-25/h8-10,12-13H,2-7,11,14-24H2,1H3. The van der Waals surface area contributed by atoms with E-state index in [0.717, 1.165) is 18.8 Å². The normalized spacial score (nSPS) is 11.1. The van der Waals surface area contributed by atoms with Crippen LogP contribution in [0.5, 0.6) is 5.75 Å². The van der Waals surface area contributed by atoms with E-state index in [-0.39, 0.29) is 0 Å². The highest BCUT2D eigenvalue weighted by Crippen LogP contribution is 2.08. The van der Waals surface area contributed by atoms with Crippen LogP contribution in [0, 0.1) is 0 Å². The number of rotatable bonds is 24. The SMILES string of the molecule is CCCCCCCCCOCCOCCOCCOCCOCCOc1ccccc1. The van der Waals surface area contributed by atoms with Crippen LogP contribution in [0.15, 0.2) is 30.3 Å². The molecule has 0 aliphatic carbocycles. The Kier molecular flexibility index (Phi) is 21.1. The van der Waals surface area contributed by atoms with Gasteiger partial charge in [0.1, 0.15) is 12.4 Å². The van der Waals surface area contributed by atoms with E-state index in [1.54, 1.807) is 0 Å². The number of hydrogen-bond donors (Lipinski definition) is 0. The van der Waals surface area contributed by atoms with Gasteiger partial charge in [-0.05, 0) is 18.6 Å². The van der Waals surface area contributed by atoms with Gasteiger partial charge < -0.3 is 28.4 Å². The highest BCUT2D eigenvalue weighted by molar-refractivity contribution is 5.20. The van der Waals surface area contributed by atoms with Crippen LogP contribution in [-0.2, 0) is 23.7 Å². The molecule has 0 radical (unpaired) electrons.